The average molecular weight is 543 g/mol. The highest BCUT2D eigenvalue weighted by molar-refractivity contribution is 5.98. The number of halogens is 1. The molecule has 0 fully saturated rings. The molecular weight excluding hydrogens is 507 g/mol. The maximum atomic E-state index is 15.3. The fourth-order valence-electron chi connectivity index (χ4n) is 4.65. The zero-order valence-electron chi connectivity index (χ0n) is 23.6. The van der Waals surface area contributed by atoms with Crippen LogP contribution in [-0.4, -0.2) is 40.9 Å². The van der Waals surface area contributed by atoms with E-state index in [2.05, 4.69) is 67.1 Å². The summed E-state index contributed by atoms with van der Waals surface area (Å²) >= 11 is 0. The smallest absolute Gasteiger partial charge is 0.163 e. The number of aliphatic hydroxyl groups is 1. The molecule has 9 nitrogen and oxygen atoms in total. The molecule has 208 valence electrons. The van der Waals surface area contributed by atoms with Gasteiger partial charge >= 0.3 is 0 Å². The Labute approximate surface area is 232 Å². The molecule has 0 saturated carbocycles. The average Bonchev–Trinajstić information content (AvgIpc) is 3.47. The number of hydrogen-bond acceptors (Lipinski definition) is 7. The van der Waals surface area contributed by atoms with Gasteiger partial charge in [0.1, 0.15) is 35.7 Å². The van der Waals surface area contributed by atoms with Crippen molar-refractivity contribution in [2.75, 3.05) is 11.1 Å². The van der Waals surface area contributed by atoms with Gasteiger partial charge in [0.2, 0.25) is 0 Å². The van der Waals surface area contributed by atoms with Crippen LogP contribution in [0.2, 0.25) is 0 Å². The minimum atomic E-state index is -1.06. The lowest BCUT2D eigenvalue weighted by atomic mass is 9.92. The molecule has 4 N–H and O–H groups in total. The number of rotatable bonds is 7. The van der Waals surface area contributed by atoms with E-state index in [4.69, 9.17) is 10.8 Å². The minimum Gasteiger partial charge on any atom is -0.383 e. The van der Waals surface area contributed by atoms with Crippen LogP contribution >= 0.6 is 0 Å². The van der Waals surface area contributed by atoms with Crippen LogP contribution in [0.25, 0.3) is 28.0 Å². The van der Waals surface area contributed by atoms with E-state index in [0.29, 0.717) is 39.6 Å². The zero-order valence-corrected chi connectivity index (χ0v) is 23.6. The maximum absolute atomic E-state index is 15.3. The highest BCUT2D eigenvalue weighted by Gasteiger charge is 2.23. The number of aliphatic hydroxyl groups excluding tert-OH is 1. The number of nitrogens with two attached hydrogens (primary N) is 1. The highest BCUT2D eigenvalue weighted by atomic mass is 19.1. The van der Waals surface area contributed by atoms with Crippen molar-refractivity contribution < 1.29 is 9.50 Å². The SMILES string of the molecule is CC(C)c1ccc(-n2nc(C(C)(C)C)cc2NC(O)Cc2ccc(-c3nn(C)c4ncnc(N)c34)cc2F)cc1. The Kier molecular flexibility index (Phi) is 7.05. The molecule has 0 spiro atoms. The van der Waals surface area contributed by atoms with Gasteiger partial charge in [-0.15, -0.1) is 0 Å². The van der Waals surface area contributed by atoms with Crippen molar-refractivity contribution in [1.82, 2.24) is 29.5 Å². The number of nitrogens with one attached hydrogen (secondary N) is 1. The van der Waals surface area contributed by atoms with Crippen LogP contribution in [-0.2, 0) is 18.9 Å². The summed E-state index contributed by atoms with van der Waals surface area (Å²) in [6.07, 6.45) is 0.360. The second-order valence-electron chi connectivity index (χ2n) is 11.4. The van der Waals surface area contributed by atoms with E-state index in [9.17, 15) is 5.11 Å². The van der Waals surface area contributed by atoms with Crippen molar-refractivity contribution >= 4 is 22.7 Å². The van der Waals surface area contributed by atoms with Gasteiger partial charge in [-0.1, -0.05) is 58.9 Å². The van der Waals surface area contributed by atoms with E-state index in [1.165, 1.54) is 18.0 Å². The number of fused-ring (bicyclic) bond motifs is 1. The summed E-state index contributed by atoms with van der Waals surface area (Å²) in [5, 5.41) is 24.0. The molecule has 10 heteroatoms. The monoisotopic (exact) mass is 542 g/mol. The summed E-state index contributed by atoms with van der Waals surface area (Å²) in [6, 6.07) is 14.9. The summed E-state index contributed by atoms with van der Waals surface area (Å²) in [7, 11) is 1.75. The molecule has 5 aromatic rings. The van der Waals surface area contributed by atoms with Crippen LogP contribution in [0.4, 0.5) is 16.0 Å². The van der Waals surface area contributed by atoms with Crippen LogP contribution in [0.15, 0.2) is 54.9 Å². The summed E-state index contributed by atoms with van der Waals surface area (Å²) in [5.74, 6) is 0.866. The Balaban J connectivity index is 1.40. The standard InChI is InChI=1S/C30H35FN8O/c1-17(2)18-9-11-21(12-10-18)39-24(15-23(36-39)30(3,4)5)35-25(40)14-19-7-8-20(13-22(19)31)27-26-28(32)33-16-34-29(26)38(6)37-27/h7-13,15-17,25,35,40H,14H2,1-6H3,(H2,32,33,34). The molecule has 40 heavy (non-hydrogen) atoms. The van der Waals surface area contributed by atoms with Gasteiger partial charge in [0.15, 0.2) is 5.65 Å². The number of benzene rings is 2. The van der Waals surface area contributed by atoms with E-state index in [1.807, 2.05) is 18.2 Å². The number of nitrogen functional groups attached to an aromatic ring is 1. The molecule has 0 aliphatic rings. The van der Waals surface area contributed by atoms with Gasteiger partial charge in [-0.05, 0) is 35.2 Å². The first-order valence-electron chi connectivity index (χ1n) is 13.3. The van der Waals surface area contributed by atoms with Gasteiger partial charge in [-0.25, -0.2) is 23.7 Å². The second kappa shape index (κ2) is 10.3. The lowest BCUT2D eigenvalue weighted by molar-refractivity contribution is 0.202. The molecule has 0 radical (unpaired) electrons. The van der Waals surface area contributed by atoms with Crippen LogP contribution < -0.4 is 11.1 Å². The molecule has 1 atom stereocenters. The largest absolute Gasteiger partial charge is 0.383 e. The van der Waals surface area contributed by atoms with Gasteiger partial charge in [-0.2, -0.15) is 10.2 Å². The zero-order chi connectivity index (χ0) is 28.8. The van der Waals surface area contributed by atoms with Crippen molar-refractivity contribution in [3.8, 4) is 16.9 Å². The quantitative estimate of drug-likeness (QED) is 0.238. The summed E-state index contributed by atoms with van der Waals surface area (Å²) in [4.78, 5) is 8.29. The van der Waals surface area contributed by atoms with Crippen molar-refractivity contribution in [2.45, 2.75) is 58.6 Å². The Morgan fingerprint density at radius 2 is 1.75 bits per heavy atom. The lowest BCUT2D eigenvalue weighted by Crippen LogP contribution is -2.23. The van der Waals surface area contributed by atoms with Crippen LogP contribution in [0.5, 0.6) is 0 Å². The first kappa shape index (κ1) is 27.3. The second-order valence-corrected chi connectivity index (χ2v) is 11.4. The van der Waals surface area contributed by atoms with E-state index < -0.39 is 12.0 Å². The fraction of sp³-hybridized carbons (Fsp3) is 0.333. The van der Waals surface area contributed by atoms with Crippen LogP contribution in [0.1, 0.15) is 57.4 Å². The Bertz CT molecular complexity index is 1660. The molecule has 1 unspecified atom stereocenters. The lowest BCUT2D eigenvalue weighted by Gasteiger charge is -2.16. The molecule has 3 aromatic heterocycles. The van der Waals surface area contributed by atoms with Gasteiger partial charge in [0.05, 0.1) is 16.8 Å². The van der Waals surface area contributed by atoms with Crippen molar-refractivity contribution in [3.05, 3.63) is 77.5 Å². The van der Waals surface area contributed by atoms with E-state index in [0.717, 1.165) is 11.4 Å². The minimum absolute atomic E-state index is 0.0443. The summed E-state index contributed by atoms with van der Waals surface area (Å²) < 4.78 is 18.7. The molecule has 0 amide bonds. The third-order valence-electron chi connectivity index (χ3n) is 6.99. The predicted molar refractivity (Wildman–Crippen MR) is 156 cm³/mol. The molecule has 0 bridgehead atoms. The molecule has 3 heterocycles. The topological polar surface area (TPSA) is 120 Å². The number of anilines is 2. The summed E-state index contributed by atoms with van der Waals surface area (Å²) in [6.45, 7) is 10.6. The first-order chi connectivity index (χ1) is 18.9. The number of hydrogen-bond donors (Lipinski definition) is 3. The van der Waals surface area contributed by atoms with Crippen molar-refractivity contribution in [1.29, 1.82) is 0 Å². The Hall–Kier alpha value is -4.31. The third kappa shape index (κ3) is 5.27. The van der Waals surface area contributed by atoms with E-state index in [1.54, 1.807) is 28.5 Å². The van der Waals surface area contributed by atoms with Gasteiger partial charge in [0.25, 0.3) is 0 Å². The highest BCUT2D eigenvalue weighted by Crippen LogP contribution is 2.31. The normalized spacial score (nSPS) is 12.8. The van der Waals surface area contributed by atoms with E-state index in [-0.39, 0.29) is 17.7 Å². The maximum Gasteiger partial charge on any atom is 0.163 e. The molecule has 0 aliphatic carbocycles. The van der Waals surface area contributed by atoms with Crippen molar-refractivity contribution in [2.24, 2.45) is 7.05 Å². The van der Waals surface area contributed by atoms with Crippen LogP contribution in [0.3, 0.4) is 0 Å². The third-order valence-corrected chi connectivity index (χ3v) is 6.99. The summed E-state index contributed by atoms with van der Waals surface area (Å²) in [5.41, 5.74) is 10.8. The number of nitrogens with zero attached hydrogens (tertiary/aromatic N) is 6. The number of aryl methyl sites for hydroxylation is 1. The Morgan fingerprint density at radius 3 is 2.40 bits per heavy atom. The Morgan fingerprint density at radius 1 is 1.02 bits per heavy atom. The van der Waals surface area contributed by atoms with Gasteiger partial charge in [0, 0.05) is 30.5 Å². The first-order valence-corrected chi connectivity index (χ1v) is 13.3. The molecule has 2 aromatic carbocycles. The molecule has 0 saturated heterocycles. The molecule has 0 aliphatic heterocycles. The van der Waals surface area contributed by atoms with E-state index >= 15 is 4.39 Å². The van der Waals surface area contributed by atoms with Crippen molar-refractivity contribution in [3.63, 3.8) is 0 Å². The fourth-order valence-corrected chi connectivity index (χ4v) is 4.65. The van der Waals surface area contributed by atoms with Crippen LogP contribution in [0, 0.1) is 5.82 Å². The number of aromatic nitrogens is 6. The molecule has 5 rings (SSSR count). The predicted octanol–water partition coefficient (Wildman–Crippen LogP) is 5.33. The van der Waals surface area contributed by atoms with Gasteiger partial charge < -0.3 is 16.2 Å². The molecular formula is C30H35FN8O. The van der Waals surface area contributed by atoms with Gasteiger partial charge in [-0.3, -0.25) is 0 Å².